The van der Waals surface area contributed by atoms with Crippen LogP contribution in [0.2, 0.25) is 0 Å². The Morgan fingerprint density at radius 1 is 1.42 bits per heavy atom. The molecule has 2 rings (SSSR count). The molecule has 1 aliphatic rings. The van der Waals surface area contributed by atoms with Crippen molar-refractivity contribution in [3.63, 3.8) is 0 Å². The Morgan fingerprint density at radius 2 is 2.26 bits per heavy atom. The Balaban J connectivity index is 1.74. The van der Waals surface area contributed by atoms with Crippen molar-refractivity contribution in [3.05, 3.63) is 41.5 Å². The third kappa shape index (κ3) is 4.37. The van der Waals surface area contributed by atoms with Crippen LogP contribution < -0.4 is 5.32 Å². The largest absolute Gasteiger partial charge is 0.508 e. The number of aromatic hydroxyl groups is 1. The number of rotatable bonds is 5. The van der Waals surface area contributed by atoms with E-state index in [0.717, 1.165) is 25.2 Å². The van der Waals surface area contributed by atoms with E-state index in [1.807, 2.05) is 18.2 Å². The molecule has 0 saturated carbocycles. The van der Waals surface area contributed by atoms with E-state index in [4.69, 9.17) is 0 Å². The maximum atomic E-state index is 9.47. The van der Waals surface area contributed by atoms with Gasteiger partial charge in [-0.15, -0.1) is 0 Å². The molecule has 1 heterocycles. The molecule has 3 nitrogen and oxygen atoms in total. The van der Waals surface area contributed by atoms with E-state index in [-0.39, 0.29) is 6.04 Å². The summed E-state index contributed by atoms with van der Waals surface area (Å²) < 4.78 is 0. The Labute approximate surface area is 115 Å². The molecule has 0 aliphatic carbocycles. The molecule has 0 bridgehead atoms. The average molecular weight is 260 g/mol. The van der Waals surface area contributed by atoms with Gasteiger partial charge in [-0.2, -0.15) is 0 Å². The minimum atomic E-state index is 0.272. The lowest BCUT2D eigenvalue weighted by Gasteiger charge is -2.26. The fraction of sp³-hybridized carbons (Fsp3) is 0.500. The normalized spacial score (nSPS) is 18.1. The van der Waals surface area contributed by atoms with Gasteiger partial charge in [0.05, 0.1) is 0 Å². The number of nitrogens with zero attached hydrogens (tertiary/aromatic N) is 1. The third-order valence-electron chi connectivity index (χ3n) is 3.77. The summed E-state index contributed by atoms with van der Waals surface area (Å²) >= 11 is 0. The lowest BCUT2D eigenvalue weighted by atomic mass is 10.1. The molecule has 1 atom stereocenters. The summed E-state index contributed by atoms with van der Waals surface area (Å²) in [6.07, 6.45) is 3.52. The molecule has 2 N–H and O–H groups in total. The summed E-state index contributed by atoms with van der Waals surface area (Å²) in [6, 6.07) is 7.74. The van der Waals surface area contributed by atoms with Crippen molar-refractivity contribution in [1.29, 1.82) is 0 Å². The van der Waals surface area contributed by atoms with Gasteiger partial charge in [0, 0.05) is 32.2 Å². The van der Waals surface area contributed by atoms with Crippen LogP contribution in [0.4, 0.5) is 0 Å². The second-order valence-corrected chi connectivity index (χ2v) is 5.37. The lowest BCUT2D eigenvalue weighted by Crippen LogP contribution is -2.35. The fourth-order valence-electron chi connectivity index (χ4n) is 2.37. The molecule has 1 aliphatic heterocycles. The first-order valence-electron chi connectivity index (χ1n) is 7.05. The van der Waals surface area contributed by atoms with Gasteiger partial charge in [0.25, 0.3) is 0 Å². The summed E-state index contributed by atoms with van der Waals surface area (Å²) in [5, 5.41) is 13.0. The van der Waals surface area contributed by atoms with Crippen molar-refractivity contribution in [2.24, 2.45) is 0 Å². The molecule has 0 radical (unpaired) electrons. The number of phenolic OH excluding ortho intramolecular Hbond substituents is 1. The standard InChI is InChI=1S/C16H24N2O/c1-13-6-9-18(10-7-13)11-8-17-14(2)15-4-3-5-16(19)12-15/h3-6,12,14,17,19H,7-11H2,1-2H3/t14-/m1/s1. The first kappa shape index (κ1) is 14.1. The number of hydrogen-bond donors (Lipinski definition) is 2. The van der Waals surface area contributed by atoms with Gasteiger partial charge < -0.3 is 10.4 Å². The van der Waals surface area contributed by atoms with Gasteiger partial charge in [0.1, 0.15) is 5.75 Å². The highest BCUT2D eigenvalue weighted by Crippen LogP contribution is 2.17. The second kappa shape index (κ2) is 6.73. The second-order valence-electron chi connectivity index (χ2n) is 5.37. The zero-order valence-corrected chi connectivity index (χ0v) is 11.9. The minimum absolute atomic E-state index is 0.272. The van der Waals surface area contributed by atoms with Crippen LogP contribution in [0.5, 0.6) is 5.75 Å². The minimum Gasteiger partial charge on any atom is -0.508 e. The summed E-state index contributed by atoms with van der Waals surface area (Å²) in [7, 11) is 0. The first-order chi connectivity index (χ1) is 9.15. The van der Waals surface area contributed by atoms with Gasteiger partial charge in [-0.3, -0.25) is 4.90 Å². The molecule has 0 unspecified atom stereocenters. The van der Waals surface area contributed by atoms with Gasteiger partial charge in [-0.25, -0.2) is 0 Å². The van der Waals surface area contributed by atoms with Crippen LogP contribution >= 0.6 is 0 Å². The summed E-state index contributed by atoms with van der Waals surface area (Å²) in [5.74, 6) is 0.336. The molecule has 3 heteroatoms. The molecule has 1 aromatic carbocycles. The highest BCUT2D eigenvalue weighted by molar-refractivity contribution is 5.28. The zero-order chi connectivity index (χ0) is 13.7. The van der Waals surface area contributed by atoms with Gasteiger partial charge in [-0.1, -0.05) is 23.8 Å². The van der Waals surface area contributed by atoms with Crippen molar-refractivity contribution < 1.29 is 5.11 Å². The number of hydrogen-bond acceptors (Lipinski definition) is 3. The van der Waals surface area contributed by atoms with E-state index in [1.165, 1.54) is 18.5 Å². The molecular formula is C16H24N2O. The van der Waals surface area contributed by atoms with Crippen LogP contribution in [0.25, 0.3) is 0 Å². The highest BCUT2D eigenvalue weighted by atomic mass is 16.3. The van der Waals surface area contributed by atoms with Crippen LogP contribution in [0.1, 0.15) is 31.9 Å². The predicted octanol–water partition coefficient (Wildman–Crippen LogP) is 2.69. The third-order valence-corrected chi connectivity index (χ3v) is 3.77. The number of nitrogens with one attached hydrogen (secondary N) is 1. The van der Waals surface area contributed by atoms with Crippen LogP contribution in [-0.4, -0.2) is 36.2 Å². The van der Waals surface area contributed by atoms with Gasteiger partial charge in [0.15, 0.2) is 0 Å². The number of phenols is 1. The van der Waals surface area contributed by atoms with Crippen molar-refractivity contribution in [3.8, 4) is 5.75 Å². The maximum Gasteiger partial charge on any atom is 0.115 e. The quantitative estimate of drug-likeness (QED) is 0.799. The molecule has 0 amide bonds. The smallest absolute Gasteiger partial charge is 0.115 e. The topological polar surface area (TPSA) is 35.5 Å². The Morgan fingerprint density at radius 3 is 2.95 bits per heavy atom. The Kier molecular flexibility index (Phi) is 5.00. The molecule has 0 saturated heterocycles. The SMILES string of the molecule is CC1=CCN(CCN[C@H](C)c2cccc(O)c2)CC1. The van der Waals surface area contributed by atoms with E-state index in [0.29, 0.717) is 5.75 Å². The van der Waals surface area contributed by atoms with Crippen molar-refractivity contribution in [2.75, 3.05) is 26.2 Å². The van der Waals surface area contributed by atoms with Crippen LogP contribution in [0, 0.1) is 0 Å². The van der Waals surface area contributed by atoms with Gasteiger partial charge >= 0.3 is 0 Å². The monoisotopic (exact) mass is 260 g/mol. The molecule has 0 aromatic heterocycles. The molecule has 0 fully saturated rings. The molecule has 19 heavy (non-hydrogen) atoms. The maximum absolute atomic E-state index is 9.47. The molecule has 104 valence electrons. The van der Waals surface area contributed by atoms with Crippen LogP contribution in [-0.2, 0) is 0 Å². The summed E-state index contributed by atoms with van der Waals surface area (Å²) in [5.41, 5.74) is 2.65. The number of benzene rings is 1. The molecular weight excluding hydrogens is 236 g/mol. The fourth-order valence-corrected chi connectivity index (χ4v) is 2.37. The average Bonchev–Trinajstić information content (AvgIpc) is 2.41. The van der Waals surface area contributed by atoms with Crippen molar-refractivity contribution >= 4 is 0 Å². The van der Waals surface area contributed by atoms with E-state index in [2.05, 4.69) is 30.1 Å². The summed E-state index contributed by atoms with van der Waals surface area (Å²) in [6.45, 7) is 8.64. The first-order valence-corrected chi connectivity index (χ1v) is 7.05. The summed E-state index contributed by atoms with van der Waals surface area (Å²) in [4.78, 5) is 2.47. The van der Waals surface area contributed by atoms with E-state index >= 15 is 0 Å². The Hall–Kier alpha value is -1.32. The van der Waals surface area contributed by atoms with Crippen LogP contribution in [0.3, 0.4) is 0 Å². The van der Waals surface area contributed by atoms with Gasteiger partial charge in [-0.05, 0) is 38.0 Å². The lowest BCUT2D eigenvalue weighted by molar-refractivity contribution is 0.289. The van der Waals surface area contributed by atoms with Crippen molar-refractivity contribution in [1.82, 2.24) is 10.2 Å². The van der Waals surface area contributed by atoms with Gasteiger partial charge in [0.2, 0.25) is 0 Å². The highest BCUT2D eigenvalue weighted by Gasteiger charge is 2.10. The van der Waals surface area contributed by atoms with Crippen molar-refractivity contribution in [2.45, 2.75) is 26.3 Å². The van der Waals surface area contributed by atoms with E-state index in [1.54, 1.807) is 6.07 Å². The zero-order valence-electron chi connectivity index (χ0n) is 11.9. The Bertz CT molecular complexity index is 442. The van der Waals surface area contributed by atoms with Crippen LogP contribution in [0.15, 0.2) is 35.9 Å². The van der Waals surface area contributed by atoms with E-state index in [9.17, 15) is 5.11 Å². The molecule has 1 aromatic rings. The molecule has 0 spiro atoms. The predicted molar refractivity (Wildman–Crippen MR) is 79.3 cm³/mol. The van der Waals surface area contributed by atoms with E-state index < -0.39 is 0 Å².